The molecule has 1 aromatic carbocycles. The van der Waals surface area contributed by atoms with Crippen molar-refractivity contribution in [2.45, 2.75) is 13.0 Å². The average Bonchev–Trinajstić information content (AvgIpc) is 2.19. The van der Waals surface area contributed by atoms with E-state index in [1.165, 1.54) is 5.56 Å². The van der Waals surface area contributed by atoms with E-state index in [1.807, 2.05) is 6.07 Å². The van der Waals surface area contributed by atoms with Crippen molar-refractivity contribution in [2.24, 2.45) is 5.73 Å². The maximum Gasteiger partial charge on any atom is 0.0713 e. The molecule has 0 aromatic heterocycles. The summed E-state index contributed by atoms with van der Waals surface area (Å²) >= 11 is 0. The summed E-state index contributed by atoms with van der Waals surface area (Å²) in [4.78, 5) is 0. The van der Waals surface area contributed by atoms with Crippen molar-refractivity contribution >= 4 is 5.69 Å². The summed E-state index contributed by atoms with van der Waals surface area (Å²) < 4.78 is 5.06. The van der Waals surface area contributed by atoms with Crippen molar-refractivity contribution in [3.63, 3.8) is 0 Å². The van der Waals surface area contributed by atoms with E-state index >= 15 is 0 Å². The fourth-order valence-corrected chi connectivity index (χ4v) is 1.27. The molecule has 0 saturated heterocycles. The van der Waals surface area contributed by atoms with Gasteiger partial charge in [0.25, 0.3) is 0 Å². The monoisotopic (exact) mass is 194 g/mol. The van der Waals surface area contributed by atoms with Gasteiger partial charge in [-0.05, 0) is 30.7 Å². The van der Waals surface area contributed by atoms with Crippen LogP contribution in [0.15, 0.2) is 24.3 Å². The number of anilines is 1. The summed E-state index contributed by atoms with van der Waals surface area (Å²) in [5.41, 5.74) is 7.73. The molecule has 3 nitrogen and oxygen atoms in total. The van der Waals surface area contributed by atoms with Crippen LogP contribution in [0.25, 0.3) is 0 Å². The van der Waals surface area contributed by atoms with E-state index in [9.17, 15) is 0 Å². The van der Waals surface area contributed by atoms with Gasteiger partial charge in [-0.15, -0.1) is 0 Å². The molecule has 14 heavy (non-hydrogen) atoms. The predicted octanol–water partition coefficient (Wildman–Crippen LogP) is 1.59. The quantitative estimate of drug-likeness (QED) is 0.676. The van der Waals surface area contributed by atoms with Crippen LogP contribution >= 0.6 is 0 Å². The largest absolute Gasteiger partial charge is 0.385 e. The minimum absolute atomic E-state index is 0.659. The smallest absolute Gasteiger partial charge is 0.0713 e. The van der Waals surface area contributed by atoms with Gasteiger partial charge in [0, 0.05) is 19.3 Å². The van der Waals surface area contributed by atoms with Gasteiger partial charge in [0.2, 0.25) is 0 Å². The predicted molar refractivity (Wildman–Crippen MR) is 59.3 cm³/mol. The second-order valence-electron chi connectivity index (χ2n) is 3.20. The molecule has 0 amide bonds. The summed E-state index contributed by atoms with van der Waals surface area (Å²) in [7, 11) is 1.70. The molecule has 1 aromatic rings. The number of hydrogen-bond acceptors (Lipinski definition) is 3. The highest BCUT2D eigenvalue weighted by molar-refractivity contribution is 5.45. The molecular weight excluding hydrogens is 176 g/mol. The molecule has 0 aliphatic heterocycles. The molecule has 0 heterocycles. The first-order valence-corrected chi connectivity index (χ1v) is 4.88. The van der Waals surface area contributed by atoms with Gasteiger partial charge in [-0.1, -0.05) is 12.1 Å². The van der Waals surface area contributed by atoms with E-state index in [2.05, 4.69) is 23.5 Å². The lowest BCUT2D eigenvalue weighted by atomic mass is 10.2. The highest BCUT2D eigenvalue weighted by Gasteiger charge is 1.94. The highest BCUT2D eigenvalue weighted by atomic mass is 16.5. The number of methoxy groups -OCH3 is 1. The molecule has 0 unspecified atom stereocenters. The van der Waals surface area contributed by atoms with Crippen LogP contribution in [0, 0.1) is 0 Å². The second kappa shape index (κ2) is 6.40. The number of nitrogens with one attached hydrogen (secondary N) is 1. The van der Waals surface area contributed by atoms with E-state index in [0.29, 0.717) is 6.61 Å². The zero-order chi connectivity index (χ0) is 10.2. The molecule has 0 atom stereocenters. The first-order valence-electron chi connectivity index (χ1n) is 4.88. The number of benzene rings is 1. The molecule has 0 bridgehead atoms. The Morgan fingerprint density at radius 2 is 2.29 bits per heavy atom. The van der Waals surface area contributed by atoms with Gasteiger partial charge in [-0.25, -0.2) is 0 Å². The van der Waals surface area contributed by atoms with Crippen molar-refractivity contribution in [1.29, 1.82) is 0 Å². The summed E-state index contributed by atoms with van der Waals surface area (Å²) in [6.07, 6.45) is 0.995. The number of rotatable bonds is 6. The van der Waals surface area contributed by atoms with Crippen molar-refractivity contribution < 1.29 is 4.74 Å². The SMILES string of the molecule is COCc1cccc(NCCCN)c1. The Balaban J connectivity index is 2.46. The van der Waals surface area contributed by atoms with Crippen LogP contribution in [0.5, 0.6) is 0 Å². The third-order valence-electron chi connectivity index (χ3n) is 1.95. The maximum atomic E-state index is 5.41. The minimum atomic E-state index is 0.659. The van der Waals surface area contributed by atoms with Gasteiger partial charge in [0.1, 0.15) is 0 Å². The van der Waals surface area contributed by atoms with Crippen LogP contribution in [-0.2, 0) is 11.3 Å². The van der Waals surface area contributed by atoms with Crippen LogP contribution < -0.4 is 11.1 Å². The molecule has 0 spiro atoms. The number of ether oxygens (including phenoxy) is 1. The summed E-state index contributed by atoms with van der Waals surface area (Å²) in [6, 6.07) is 8.23. The Bertz CT molecular complexity index is 263. The number of nitrogens with two attached hydrogens (primary N) is 1. The van der Waals surface area contributed by atoms with E-state index in [4.69, 9.17) is 10.5 Å². The van der Waals surface area contributed by atoms with E-state index in [-0.39, 0.29) is 0 Å². The lowest BCUT2D eigenvalue weighted by molar-refractivity contribution is 0.185. The van der Waals surface area contributed by atoms with Gasteiger partial charge in [-0.3, -0.25) is 0 Å². The van der Waals surface area contributed by atoms with Gasteiger partial charge in [-0.2, -0.15) is 0 Å². The van der Waals surface area contributed by atoms with Crippen molar-refractivity contribution in [2.75, 3.05) is 25.5 Å². The molecule has 0 fully saturated rings. The topological polar surface area (TPSA) is 47.3 Å². The second-order valence-corrected chi connectivity index (χ2v) is 3.20. The average molecular weight is 194 g/mol. The highest BCUT2D eigenvalue weighted by Crippen LogP contribution is 2.10. The Kier molecular flexibility index (Phi) is 5.04. The van der Waals surface area contributed by atoms with E-state index < -0.39 is 0 Å². The summed E-state index contributed by atoms with van der Waals surface area (Å²) in [6.45, 7) is 2.31. The van der Waals surface area contributed by atoms with Crippen LogP contribution in [0.4, 0.5) is 5.69 Å². The molecule has 3 N–H and O–H groups in total. The molecule has 0 radical (unpaired) electrons. The molecular formula is C11H18N2O. The molecule has 3 heteroatoms. The molecule has 0 aliphatic carbocycles. The maximum absolute atomic E-state index is 5.41. The zero-order valence-electron chi connectivity index (χ0n) is 8.62. The third kappa shape index (κ3) is 3.77. The standard InChI is InChI=1S/C11H18N2O/c1-14-9-10-4-2-5-11(8-10)13-7-3-6-12/h2,4-5,8,13H,3,6-7,9,12H2,1H3. The van der Waals surface area contributed by atoms with Crippen molar-refractivity contribution in [1.82, 2.24) is 0 Å². The first-order chi connectivity index (χ1) is 6.86. The third-order valence-corrected chi connectivity index (χ3v) is 1.95. The van der Waals surface area contributed by atoms with E-state index in [1.54, 1.807) is 7.11 Å². The lowest BCUT2D eigenvalue weighted by Crippen LogP contribution is -2.08. The van der Waals surface area contributed by atoms with Crippen LogP contribution in [0.2, 0.25) is 0 Å². The Morgan fingerprint density at radius 3 is 3.00 bits per heavy atom. The Morgan fingerprint density at radius 1 is 1.43 bits per heavy atom. The van der Waals surface area contributed by atoms with E-state index in [0.717, 1.165) is 25.2 Å². The Hall–Kier alpha value is -1.06. The van der Waals surface area contributed by atoms with Gasteiger partial charge >= 0.3 is 0 Å². The van der Waals surface area contributed by atoms with Gasteiger partial charge in [0.05, 0.1) is 6.61 Å². The van der Waals surface area contributed by atoms with Crippen LogP contribution in [0.1, 0.15) is 12.0 Å². The molecule has 78 valence electrons. The normalized spacial score (nSPS) is 10.1. The Labute approximate surface area is 85.3 Å². The zero-order valence-corrected chi connectivity index (χ0v) is 8.62. The summed E-state index contributed by atoms with van der Waals surface area (Å²) in [5, 5.41) is 3.31. The minimum Gasteiger partial charge on any atom is -0.385 e. The molecule has 0 aliphatic rings. The first kappa shape index (κ1) is 11.0. The lowest BCUT2D eigenvalue weighted by Gasteiger charge is -2.07. The molecule has 1 rings (SSSR count). The van der Waals surface area contributed by atoms with Gasteiger partial charge in [0.15, 0.2) is 0 Å². The van der Waals surface area contributed by atoms with Gasteiger partial charge < -0.3 is 15.8 Å². The van der Waals surface area contributed by atoms with Crippen molar-refractivity contribution in [3.05, 3.63) is 29.8 Å². The van der Waals surface area contributed by atoms with Crippen LogP contribution in [0.3, 0.4) is 0 Å². The fourth-order valence-electron chi connectivity index (χ4n) is 1.27. The van der Waals surface area contributed by atoms with Crippen molar-refractivity contribution in [3.8, 4) is 0 Å². The number of hydrogen-bond donors (Lipinski definition) is 2. The van der Waals surface area contributed by atoms with Crippen LogP contribution in [-0.4, -0.2) is 20.2 Å². The fraction of sp³-hybridized carbons (Fsp3) is 0.455. The molecule has 0 saturated carbocycles. The summed E-state index contributed by atoms with van der Waals surface area (Å²) in [5.74, 6) is 0.